The highest BCUT2D eigenvalue weighted by atomic mass is 32.2. The highest BCUT2D eigenvalue weighted by molar-refractivity contribution is 7.91. The number of nitrogens with zero attached hydrogens (tertiary/aromatic N) is 3. The van der Waals surface area contributed by atoms with Crippen molar-refractivity contribution in [3.8, 4) is 0 Å². The van der Waals surface area contributed by atoms with Gasteiger partial charge >= 0.3 is 0 Å². The van der Waals surface area contributed by atoms with Crippen molar-refractivity contribution in [3.63, 3.8) is 0 Å². The predicted molar refractivity (Wildman–Crippen MR) is 73.6 cm³/mol. The van der Waals surface area contributed by atoms with Gasteiger partial charge in [-0.25, -0.2) is 18.4 Å². The molecule has 2 aromatic rings. The van der Waals surface area contributed by atoms with Crippen molar-refractivity contribution in [1.82, 2.24) is 14.5 Å². The molecule has 2 aromatic heterocycles. The van der Waals surface area contributed by atoms with Crippen LogP contribution in [0.25, 0.3) is 11.2 Å². The molecule has 19 heavy (non-hydrogen) atoms. The number of pyridine rings is 1. The third-order valence-corrected chi connectivity index (χ3v) is 5.64. The average molecular weight is 279 g/mol. The second kappa shape index (κ2) is 4.59. The third kappa shape index (κ3) is 2.49. The first-order valence-corrected chi connectivity index (χ1v) is 8.34. The van der Waals surface area contributed by atoms with Crippen LogP contribution in [0.3, 0.4) is 0 Å². The van der Waals surface area contributed by atoms with E-state index in [1.165, 1.54) is 0 Å². The Labute approximate surface area is 112 Å². The Kier molecular flexibility index (Phi) is 3.05. The van der Waals surface area contributed by atoms with Gasteiger partial charge in [0, 0.05) is 19.7 Å². The molecule has 0 amide bonds. The van der Waals surface area contributed by atoms with Crippen molar-refractivity contribution in [2.24, 2.45) is 13.0 Å². The molecule has 0 spiro atoms. The van der Waals surface area contributed by atoms with Crippen LogP contribution in [-0.2, 0) is 23.3 Å². The number of sulfone groups is 1. The van der Waals surface area contributed by atoms with Crippen LogP contribution in [-0.4, -0.2) is 34.5 Å². The van der Waals surface area contributed by atoms with Gasteiger partial charge in [0.25, 0.3) is 0 Å². The zero-order valence-electron chi connectivity index (χ0n) is 10.9. The Hall–Kier alpha value is -1.43. The lowest BCUT2D eigenvalue weighted by molar-refractivity contribution is 0.471. The maximum absolute atomic E-state index is 11.7. The van der Waals surface area contributed by atoms with Crippen LogP contribution in [0.1, 0.15) is 18.7 Å². The predicted octanol–water partition coefficient (Wildman–Crippen LogP) is 1.34. The van der Waals surface area contributed by atoms with Gasteiger partial charge in [0.15, 0.2) is 15.5 Å². The first-order valence-electron chi connectivity index (χ1n) is 6.52. The maximum atomic E-state index is 11.7. The molecule has 0 radical (unpaired) electrons. The van der Waals surface area contributed by atoms with Crippen molar-refractivity contribution in [2.75, 3.05) is 11.5 Å². The van der Waals surface area contributed by atoms with Gasteiger partial charge in [-0.1, -0.05) is 0 Å². The van der Waals surface area contributed by atoms with Crippen molar-refractivity contribution >= 4 is 21.0 Å². The molecule has 6 heteroatoms. The Morgan fingerprint density at radius 3 is 3.05 bits per heavy atom. The lowest BCUT2D eigenvalue weighted by Gasteiger charge is -2.21. The number of rotatable bonds is 2. The van der Waals surface area contributed by atoms with E-state index < -0.39 is 9.84 Å². The number of fused-ring (bicyclic) bond motifs is 1. The van der Waals surface area contributed by atoms with E-state index in [2.05, 4.69) is 9.97 Å². The van der Waals surface area contributed by atoms with Crippen LogP contribution in [0.4, 0.5) is 0 Å². The summed E-state index contributed by atoms with van der Waals surface area (Å²) in [5.41, 5.74) is 1.73. The summed E-state index contributed by atoms with van der Waals surface area (Å²) in [5.74, 6) is 1.75. The van der Waals surface area contributed by atoms with E-state index in [9.17, 15) is 8.42 Å². The SMILES string of the molecule is Cn1c(CC2CCCS(=O)(=O)C2)nc2cccnc21. The molecule has 0 bridgehead atoms. The summed E-state index contributed by atoms with van der Waals surface area (Å²) in [7, 11) is -0.908. The summed E-state index contributed by atoms with van der Waals surface area (Å²) in [6.45, 7) is 0. The van der Waals surface area contributed by atoms with Crippen LogP contribution in [0, 0.1) is 5.92 Å². The minimum atomic E-state index is -2.85. The number of hydrogen-bond donors (Lipinski definition) is 0. The number of imidazole rings is 1. The van der Waals surface area contributed by atoms with E-state index in [4.69, 9.17) is 0 Å². The molecule has 0 N–H and O–H groups in total. The average Bonchev–Trinajstić information content (AvgIpc) is 2.66. The van der Waals surface area contributed by atoms with Gasteiger partial charge in [-0.05, 0) is 30.9 Å². The van der Waals surface area contributed by atoms with E-state index in [-0.39, 0.29) is 5.92 Å². The van der Waals surface area contributed by atoms with Gasteiger partial charge in [0.1, 0.15) is 11.3 Å². The number of aromatic nitrogens is 3. The lowest BCUT2D eigenvalue weighted by Crippen LogP contribution is -2.27. The fourth-order valence-electron chi connectivity index (χ4n) is 2.79. The molecule has 0 aromatic carbocycles. The molecule has 1 aliphatic heterocycles. The van der Waals surface area contributed by atoms with E-state index in [0.717, 1.165) is 29.8 Å². The largest absolute Gasteiger partial charge is 0.316 e. The van der Waals surface area contributed by atoms with Crippen molar-refractivity contribution in [3.05, 3.63) is 24.2 Å². The Morgan fingerprint density at radius 2 is 2.32 bits per heavy atom. The minimum Gasteiger partial charge on any atom is -0.316 e. The van der Waals surface area contributed by atoms with Crippen LogP contribution >= 0.6 is 0 Å². The van der Waals surface area contributed by atoms with E-state index in [1.807, 2.05) is 23.7 Å². The van der Waals surface area contributed by atoms with Crippen molar-refractivity contribution in [1.29, 1.82) is 0 Å². The summed E-state index contributed by atoms with van der Waals surface area (Å²) in [4.78, 5) is 8.87. The molecule has 1 atom stereocenters. The molecular formula is C13H17N3O2S. The molecular weight excluding hydrogens is 262 g/mol. The standard InChI is InChI=1S/C13H17N3O2S/c1-16-12(15-11-5-2-6-14-13(11)16)8-10-4-3-7-19(17,18)9-10/h2,5-6,10H,3-4,7-9H2,1H3. The Balaban J connectivity index is 1.87. The summed E-state index contributed by atoms with van der Waals surface area (Å²) >= 11 is 0. The Bertz CT molecular complexity index is 706. The van der Waals surface area contributed by atoms with Crippen LogP contribution in [0.15, 0.2) is 18.3 Å². The van der Waals surface area contributed by atoms with Crippen LogP contribution < -0.4 is 0 Å². The smallest absolute Gasteiger partial charge is 0.159 e. The van der Waals surface area contributed by atoms with Crippen molar-refractivity contribution < 1.29 is 8.42 Å². The highest BCUT2D eigenvalue weighted by Crippen LogP contribution is 2.23. The summed E-state index contributed by atoms with van der Waals surface area (Å²) in [5, 5.41) is 0. The molecule has 1 saturated heterocycles. The molecule has 1 unspecified atom stereocenters. The van der Waals surface area contributed by atoms with Gasteiger partial charge in [0.2, 0.25) is 0 Å². The summed E-state index contributed by atoms with van der Waals surface area (Å²) in [6.07, 6.45) is 4.20. The molecule has 1 fully saturated rings. The molecule has 102 valence electrons. The fourth-order valence-corrected chi connectivity index (χ4v) is 4.57. The summed E-state index contributed by atoms with van der Waals surface area (Å²) in [6, 6.07) is 3.80. The topological polar surface area (TPSA) is 64.8 Å². The van der Waals surface area contributed by atoms with Gasteiger partial charge in [-0.2, -0.15) is 0 Å². The number of aryl methyl sites for hydroxylation is 1. The first-order chi connectivity index (χ1) is 9.05. The molecule has 0 saturated carbocycles. The van der Waals surface area contributed by atoms with Crippen molar-refractivity contribution in [2.45, 2.75) is 19.3 Å². The minimum absolute atomic E-state index is 0.189. The normalized spacial score (nSPS) is 22.7. The zero-order chi connectivity index (χ0) is 13.5. The van der Waals surface area contributed by atoms with Crippen LogP contribution in [0.5, 0.6) is 0 Å². The number of hydrogen-bond acceptors (Lipinski definition) is 4. The first kappa shape index (κ1) is 12.6. The molecule has 3 heterocycles. The third-order valence-electron chi connectivity index (χ3n) is 3.75. The molecule has 0 aliphatic carbocycles. The Morgan fingerprint density at radius 1 is 1.47 bits per heavy atom. The second-order valence-corrected chi connectivity index (χ2v) is 7.49. The van der Waals surface area contributed by atoms with Gasteiger partial charge < -0.3 is 4.57 Å². The van der Waals surface area contributed by atoms with Crippen LogP contribution in [0.2, 0.25) is 0 Å². The van der Waals surface area contributed by atoms with E-state index in [1.54, 1.807) is 6.20 Å². The van der Waals surface area contributed by atoms with E-state index >= 15 is 0 Å². The highest BCUT2D eigenvalue weighted by Gasteiger charge is 2.26. The zero-order valence-corrected chi connectivity index (χ0v) is 11.7. The lowest BCUT2D eigenvalue weighted by atomic mass is 10.0. The summed E-state index contributed by atoms with van der Waals surface area (Å²) < 4.78 is 25.3. The molecule has 1 aliphatic rings. The maximum Gasteiger partial charge on any atom is 0.159 e. The van der Waals surface area contributed by atoms with Gasteiger partial charge in [-0.15, -0.1) is 0 Å². The van der Waals surface area contributed by atoms with Gasteiger partial charge in [0.05, 0.1) is 11.5 Å². The van der Waals surface area contributed by atoms with E-state index in [0.29, 0.717) is 17.9 Å². The second-order valence-electron chi connectivity index (χ2n) is 5.26. The molecule has 5 nitrogen and oxygen atoms in total. The monoisotopic (exact) mass is 279 g/mol. The van der Waals surface area contributed by atoms with Gasteiger partial charge in [-0.3, -0.25) is 0 Å². The quantitative estimate of drug-likeness (QED) is 0.832. The molecule has 3 rings (SSSR count). The fraction of sp³-hybridized carbons (Fsp3) is 0.538.